The van der Waals surface area contributed by atoms with Crippen LogP contribution in [0.25, 0.3) is 0 Å². The molecule has 3 fully saturated rings. The number of piperidine rings is 1. The highest BCUT2D eigenvalue weighted by molar-refractivity contribution is 5.60. The Balaban J connectivity index is 1.57. The van der Waals surface area contributed by atoms with Gasteiger partial charge < -0.3 is 14.9 Å². The molecule has 4 heteroatoms. The van der Waals surface area contributed by atoms with Crippen LogP contribution in [0.5, 0.6) is 5.75 Å². The number of aliphatic hydroxyl groups excluding tert-OH is 1. The number of aliphatic hydroxyl groups is 2. The standard InChI is InChI=1S/C21H27NO3/c1-12-2-5-14-10-16-21(24)7-6-15(23)19-20(21,17(14)18(12)25-19)8-9-22(16)11-13-3-4-13/h2,5,13,15-16,19,23-24H,3-4,6-11H2,1H3/t15?,16-,19?,20?,21-/m0/s1. The van der Waals surface area contributed by atoms with Crippen LogP contribution in [0.4, 0.5) is 0 Å². The van der Waals surface area contributed by atoms with Gasteiger partial charge in [-0.25, -0.2) is 0 Å². The highest BCUT2D eigenvalue weighted by Gasteiger charge is 2.72. The lowest BCUT2D eigenvalue weighted by molar-refractivity contribution is -0.208. The predicted molar refractivity (Wildman–Crippen MR) is 93.9 cm³/mol. The Morgan fingerprint density at radius 3 is 2.88 bits per heavy atom. The number of likely N-dealkylation sites (tertiary alicyclic amines) is 1. The van der Waals surface area contributed by atoms with Crippen LogP contribution >= 0.6 is 0 Å². The molecule has 2 bridgehead atoms. The maximum absolute atomic E-state index is 12.1. The van der Waals surface area contributed by atoms with E-state index in [1.165, 1.54) is 24.0 Å². The van der Waals surface area contributed by atoms with Crippen LogP contribution in [0.3, 0.4) is 0 Å². The molecule has 1 spiro atoms. The van der Waals surface area contributed by atoms with Crippen molar-refractivity contribution in [2.24, 2.45) is 5.92 Å². The van der Waals surface area contributed by atoms with Gasteiger partial charge in [-0.2, -0.15) is 0 Å². The van der Waals surface area contributed by atoms with E-state index >= 15 is 0 Å². The van der Waals surface area contributed by atoms with Gasteiger partial charge in [0.1, 0.15) is 11.9 Å². The maximum Gasteiger partial charge on any atom is 0.137 e. The molecule has 3 unspecified atom stereocenters. The Kier molecular flexibility index (Phi) is 2.76. The minimum Gasteiger partial charge on any atom is -0.486 e. The van der Waals surface area contributed by atoms with Gasteiger partial charge in [-0.15, -0.1) is 0 Å². The average molecular weight is 341 g/mol. The van der Waals surface area contributed by atoms with Gasteiger partial charge in [-0.3, -0.25) is 4.90 Å². The quantitative estimate of drug-likeness (QED) is 0.863. The van der Waals surface area contributed by atoms with Crippen LogP contribution in [-0.4, -0.2) is 52.1 Å². The Morgan fingerprint density at radius 2 is 2.08 bits per heavy atom. The van der Waals surface area contributed by atoms with E-state index in [0.717, 1.165) is 43.2 Å². The van der Waals surface area contributed by atoms with E-state index in [1.54, 1.807) is 0 Å². The summed E-state index contributed by atoms with van der Waals surface area (Å²) >= 11 is 0. The molecule has 3 aliphatic carbocycles. The van der Waals surface area contributed by atoms with Crippen molar-refractivity contribution < 1.29 is 14.9 Å². The minimum atomic E-state index is -0.768. The summed E-state index contributed by atoms with van der Waals surface area (Å²) in [4.78, 5) is 2.57. The van der Waals surface area contributed by atoms with Crippen molar-refractivity contribution in [2.75, 3.05) is 13.1 Å². The molecule has 1 aromatic carbocycles. The zero-order valence-electron chi connectivity index (χ0n) is 14.9. The molecule has 2 aliphatic heterocycles. The molecule has 2 heterocycles. The Morgan fingerprint density at radius 1 is 1.24 bits per heavy atom. The summed E-state index contributed by atoms with van der Waals surface area (Å²) in [5.41, 5.74) is 2.53. The Hall–Kier alpha value is -1.10. The third kappa shape index (κ3) is 1.65. The first-order chi connectivity index (χ1) is 12.0. The van der Waals surface area contributed by atoms with Crippen molar-refractivity contribution in [1.82, 2.24) is 4.90 Å². The molecule has 5 atom stereocenters. The van der Waals surface area contributed by atoms with Gasteiger partial charge in [0.05, 0.1) is 17.1 Å². The number of ether oxygens (including phenoxy) is 1. The van der Waals surface area contributed by atoms with Crippen molar-refractivity contribution in [1.29, 1.82) is 0 Å². The molecule has 0 aromatic heterocycles. The second-order valence-corrected chi connectivity index (χ2v) is 9.19. The van der Waals surface area contributed by atoms with Gasteiger partial charge in [-0.05, 0) is 69.0 Å². The maximum atomic E-state index is 12.1. The highest BCUT2D eigenvalue weighted by atomic mass is 16.5. The molecule has 134 valence electrons. The van der Waals surface area contributed by atoms with Gasteiger partial charge in [0, 0.05) is 18.2 Å². The molecule has 4 nitrogen and oxygen atoms in total. The second kappa shape index (κ2) is 4.59. The number of hydrogen-bond donors (Lipinski definition) is 2. The summed E-state index contributed by atoms with van der Waals surface area (Å²) < 4.78 is 6.39. The summed E-state index contributed by atoms with van der Waals surface area (Å²) in [6, 6.07) is 4.57. The van der Waals surface area contributed by atoms with Crippen LogP contribution < -0.4 is 4.74 Å². The molecule has 5 aliphatic rings. The molecule has 6 rings (SSSR count). The first-order valence-electron chi connectivity index (χ1n) is 9.99. The van der Waals surface area contributed by atoms with Crippen molar-refractivity contribution in [3.63, 3.8) is 0 Å². The van der Waals surface area contributed by atoms with Crippen LogP contribution in [0, 0.1) is 12.8 Å². The van der Waals surface area contributed by atoms with Crippen LogP contribution in [-0.2, 0) is 11.8 Å². The molecule has 0 radical (unpaired) electrons. The lowest BCUT2D eigenvalue weighted by atomic mass is 9.48. The molecule has 1 saturated heterocycles. The fourth-order valence-electron chi connectivity index (χ4n) is 6.60. The Bertz CT molecular complexity index is 760. The smallest absolute Gasteiger partial charge is 0.137 e. The molecular weight excluding hydrogens is 314 g/mol. The van der Waals surface area contributed by atoms with E-state index in [4.69, 9.17) is 4.74 Å². The number of hydrogen-bond acceptors (Lipinski definition) is 4. The van der Waals surface area contributed by atoms with Crippen LogP contribution in [0.2, 0.25) is 0 Å². The van der Waals surface area contributed by atoms with Gasteiger partial charge in [0.25, 0.3) is 0 Å². The fourth-order valence-corrected chi connectivity index (χ4v) is 6.60. The zero-order chi connectivity index (χ0) is 17.0. The molecule has 25 heavy (non-hydrogen) atoms. The lowest BCUT2D eigenvalue weighted by Gasteiger charge is -2.63. The number of rotatable bonds is 2. The third-order valence-electron chi connectivity index (χ3n) is 7.95. The average Bonchev–Trinajstić information content (AvgIpc) is 3.32. The Labute approximate surface area is 148 Å². The molecule has 0 amide bonds. The highest BCUT2D eigenvalue weighted by Crippen LogP contribution is 2.64. The number of aryl methyl sites for hydroxylation is 1. The van der Waals surface area contributed by atoms with Crippen molar-refractivity contribution in [3.05, 3.63) is 28.8 Å². The van der Waals surface area contributed by atoms with Crippen molar-refractivity contribution in [2.45, 2.75) is 74.7 Å². The zero-order valence-corrected chi connectivity index (χ0v) is 14.9. The van der Waals surface area contributed by atoms with Gasteiger partial charge in [0.15, 0.2) is 0 Å². The van der Waals surface area contributed by atoms with E-state index < -0.39 is 17.1 Å². The van der Waals surface area contributed by atoms with Gasteiger partial charge >= 0.3 is 0 Å². The number of nitrogens with zero attached hydrogens (tertiary/aromatic N) is 1. The molecule has 2 N–H and O–H groups in total. The van der Waals surface area contributed by atoms with Gasteiger partial charge in [0.2, 0.25) is 0 Å². The second-order valence-electron chi connectivity index (χ2n) is 9.19. The van der Waals surface area contributed by atoms with Crippen LogP contribution in [0.15, 0.2) is 12.1 Å². The summed E-state index contributed by atoms with van der Waals surface area (Å²) in [5.74, 6) is 1.79. The molecular formula is C21H27NO3. The molecule has 2 saturated carbocycles. The van der Waals surface area contributed by atoms with Crippen molar-refractivity contribution in [3.8, 4) is 5.75 Å². The van der Waals surface area contributed by atoms with E-state index in [2.05, 4.69) is 24.0 Å². The summed E-state index contributed by atoms with van der Waals surface area (Å²) in [6.07, 6.45) is 5.07. The lowest BCUT2D eigenvalue weighted by Crippen LogP contribution is -2.77. The normalized spacial score (nSPS) is 44.4. The van der Waals surface area contributed by atoms with E-state index in [1.807, 2.05) is 0 Å². The van der Waals surface area contributed by atoms with E-state index in [-0.39, 0.29) is 12.1 Å². The predicted octanol–water partition coefficient (Wildman–Crippen LogP) is 1.92. The largest absolute Gasteiger partial charge is 0.486 e. The van der Waals surface area contributed by atoms with Crippen molar-refractivity contribution >= 4 is 0 Å². The fraction of sp³-hybridized carbons (Fsp3) is 0.714. The molecule has 1 aromatic rings. The van der Waals surface area contributed by atoms with E-state index in [9.17, 15) is 10.2 Å². The monoisotopic (exact) mass is 341 g/mol. The summed E-state index contributed by atoms with van der Waals surface area (Å²) in [6.45, 7) is 4.23. The van der Waals surface area contributed by atoms with Gasteiger partial charge in [-0.1, -0.05) is 12.1 Å². The minimum absolute atomic E-state index is 0.168. The SMILES string of the molecule is Cc1ccc2c3c1OC1C(O)CC[C@]4(O)[C@H](C2)N(CC2CC2)CCC314. The summed E-state index contributed by atoms with van der Waals surface area (Å²) in [5, 5.41) is 22.9. The third-order valence-corrected chi connectivity index (χ3v) is 7.95. The summed E-state index contributed by atoms with van der Waals surface area (Å²) in [7, 11) is 0. The first-order valence-corrected chi connectivity index (χ1v) is 9.99. The van der Waals surface area contributed by atoms with E-state index in [0.29, 0.717) is 12.8 Å². The number of benzene rings is 1. The first kappa shape index (κ1) is 15.0. The topological polar surface area (TPSA) is 52.9 Å². The van der Waals surface area contributed by atoms with Crippen LogP contribution in [0.1, 0.15) is 48.8 Å².